The van der Waals surface area contributed by atoms with Crippen molar-refractivity contribution in [3.05, 3.63) is 24.3 Å². The van der Waals surface area contributed by atoms with Gasteiger partial charge in [-0.1, -0.05) is 391 Å². The van der Waals surface area contributed by atoms with Crippen LogP contribution in [0.2, 0.25) is 0 Å². The van der Waals surface area contributed by atoms with Crippen LogP contribution in [0.4, 0.5) is 0 Å². The number of rotatable bonds is 75. The van der Waals surface area contributed by atoms with Gasteiger partial charge < -0.3 is 89.9 Å². The molecular weight excluding hydrogens is 1370 g/mol. The summed E-state index contributed by atoms with van der Waals surface area (Å²) in [6.07, 6.45) is 60.6. The Balaban J connectivity index is 1.33. The summed E-state index contributed by atoms with van der Waals surface area (Å²) in [5, 5.41) is 121. The number of allylic oxidation sites excluding steroid dienone is 3. The lowest BCUT2D eigenvalue weighted by atomic mass is 9.96. The van der Waals surface area contributed by atoms with E-state index in [4.69, 9.17) is 28.4 Å². The predicted octanol–water partition coefficient (Wildman–Crippen LogP) is 17.2. The first-order chi connectivity index (χ1) is 52.8. The summed E-state index contributed by atoms with van der Waals surface area (Å²) in [5.74, 6) is -0.275. The molecule has 1 amide bonds. The Morgan fingerprint density at radius 3 is 0.926 bits per heavy atom. The summed E-state index contributed by atoms with van der Waals surface area (Å²) in [5.41, 5.74) is 0. The maximum absolute atomic E-state index is 13.5. The van der Waals surface area contributed by atoms with Gasteiger partial charge in [0, 0.05) is 6.42 Å². The van der Waals surface area contributed by atoms with Crippen molar-refractivity contribution in [2.45, 2.75) is 510 Å². The highest BCUT2D eigenvalue weighted by molar-refractivity contribution is 5.76. The highest BCUT2D eigenvalue weighted by atomic mass is 16.8. The maximum Gasteiger partial charge on any atom is 0.220 e. The van der Waals surface area contributed by atoms with Gasteiger partial charge in [-0.25, -0.2) is 0 Å². The number of hydrogen-bond acceptors (Lipinski definition) is 18. The summed E-state index contributed by atoms with van der Waals surface area (Å²) in [6.45, 7) is 1.80. The molecule has 0 aliphatic carbocycles. The fraction of sp³-hybridized carbons (Fsp3) is 0.944. The number of aliphatic hydroxyl groups is 11. The average molecular weight is 1540 g/mol. The van der Waals surface area contributed by atoms with E-state index in [2.05, 4.69) is 31.3 Å². The summed E-state index contributed by atoms with van der Waals surface area (Å²) in [6, 6.07) is -0.989. The van der Waals surface area contributed by atoms with Gasteiger partial charge in [0.1, 0.15) is 73.2 Å². The van der Waals surface area contributed by atoms with E-state index < -0.39 is 124 Å². The highest BCUT2D eigenvalue weighted by Crippen LogP contribution is 2.34. The van der Waals surface area contributed by atoms with E-state index in [1.165, 1.54) is 334 Å². The van der Waals surface area contributed by atoms with Crippen molar-refractivity contribution in [2.75, 3.05) is 26.4 Å². The third-order valence-corrected chi connectivity index (χ3v) is 23.0. The largest absolute Gasteiger partial charge is 0.394 e. The van der Waals surface area contributed by atoms with Gasteiger partial charge in [-0.05, 0) is 32.1 Å². The molecule has 3 heterocycles. The minimum Gasteiger partial charge on any atom is -0.394 e. The summed E-state index contributed by atoms with van der Waals surface area (Å²) in [4.78, 5) is 13.5. The fourth-order valence-electron chi connectivity index (χ4n) is 15.7. The molecule has 638 valence electrons. The highest BCUT2D eigenvalue weighted by Gasteiger charge is 2.54. The van der Waals surface area contributed by atoms with Gasteiger partial charge in [-0.2, -0.15) is 0 Å². The zero-order chi connectivity index (χ0) is 78.1. The molecule has 0 aromatic rings. The monoisotopic (exact) mass is 1540 g/mol. The van der Waals surface area contributed by atoms with Gasteiger partial charge in [0.15, 0.2) is 18.9 Å². The van der Waals surface area contributed by atoms with E-state index in [0.29, 0.717) is 12.8 Å². The molecule has 17 atom stereocenters. The van der Waals surface area contributed by atoms with Gasteiger partial charge >= 0.3 is 0 Å². The van der Waals surface area contributed by atoms with E-state index in [9.17, 15) is 61.0 Å². The van der Waals surface area contributed by atoms with Gasteiger partial charge in [0.2, 0.25) is 5.91 Å². The van der Waals surface area contributed by atoms with Crippen molar-refractivity contribution in [2.24, 2.45) is 0 Å². The second kappa shape index (κ2) is 69.6. The molecule has 19 heteroatoms. The van der Waals surface area contributed by atoms with Crippen LogP contribution in [0.15, 0.2) is 24.3 Å². The van der Waals surface area contributed by atoms with E-state index in [-0.39, 0.29) is 18.9 Å². The van der Waals surface area contributed by atoms with Crippen LogP contribution in [0.1, 0.15) is 406 Å². The van der Waals surface area contributed by atoms with Crippen molar-refractivity contribution in [3.63, 3.8) is 0 Å². The van der Waals surface area contributed by atoms with Crippen molar-refractivity contribution in [3.8, 4) is 0 Å². The molecule has 0 saturated carbocycles. The average Bonchev–Trinajstić information content (AvgIpc) is 0.780. The van der Waals surface area contributed by atoms with Gasteiger partial charge in [0.05, 0.1) is 38.6 Å². The molecule has 12 N–H and O–H groups in total. The molecule has 17 unspecified atom stereocenters. The Kier molecular flexibility index (Phi) is 64.7. The van der Waals surface area contributed by atoms with E-state index >= 15 is 0 Å². The Morgan fingerprint density at radius 2 is 0.593 bits per heavy atom. The van der Waals surface area contributed by atoms with Crippen molar-refractivity contribution in [1.29, 1.82) is 0 Å². The second-order valence-electron chi connectivity index (χ2n) is 32.8. The van der Waals surface area contributed by atoms with Crippen LogP contribution in [0.25, 0.3) is 0 Å². The van der Waals surface area contributed by atoms with E-state index in [1.54, 1.807) is 6.08 Å². The Labute approximate surface area is 658 Å². The van der Waals surface area contributed by atoms with E-state index in [1.807, 2.05) is 6.08 Å². The smallest absolute Gasteiger partial charge is 0.220 e. The summed E-state index contributed by atoms with van der Waals surface area (Å²) in [7, 11) is 0. The van der Waals surface area contributed by atoms with Crippen LogP contribution in [0, 0.1) is 0 Å². The lowest BCUT2D eigenvalue weighted by Gasteiger charge is -2.48. The molecule has 3 aliphatic rings. The zero-order valence-corrected chi connectivity index (χ0v) is 68.9. The molecule has 0 aromatic heterocycles. The first-order valence-corrected chi connectivity index (χ1v) is 45.6. The number of amides is 1. The molecule has 3 fully saturated rings. The van der Waals surface area contributed by atoms with Crippen molar-refractivity contribution in [1.82, 2.24) is 5.32 Å². The van der Waals surface area contributed by atoms with Gasteiger partial charge in [-0.15, -0.1) is 0 Å². The summed E-state index contributed by atoms with van der Waals surface area (Å²) >= 11 is 0. The zero-order valence-electron chi connectivity index (χ0n) is 68.9. The van der Waals surface area contributed by atoms with Gasteiger partial charge in [-0.3, -0.25) is 4.79 Å². The Bertz CT molecular complexity index is 2040. The van der Waals surface area contributed by atoms with Crippen LogP contribution in [-0.4, -0.2) is 193 Å². The molecule has 3 aliphatic heterocycles. The fourth-order valence-corrected chi connectivity index (χ4v) is 15.7. The van der Waals surface area contributed by atoms with Crippen LogP contribution in [0.3, 0.4) is 0 Å². The number of unbranched alkanes of at least 4 members (excludes halogenated alkanes) is 57. The normalized spacial score (nSPS) is 25.4. The number of hydrogen-bond donors (Lipinski definition) is 12. The predicted molar refractivity (Wildman–Crippen MR) is 434 cm³/mol. The van der Waals surface area contributed by atoms with Gasteiger partial charge in [0.25, 0.3) is 0 Å². The minimum atomic E-state index is -1.98. The molecule has 0 spiro atoms. The Morgan fingerprint density at radius 1 is 0.324 bits per heavy atom. The standard InChI is InChI=1S/C89H169NO18/c1-3-5-7-9-11-13-15-17-19-21-23-25-27-29-31-33-34-35-36-37-38-39-41-43-45-47-49-51-53-55-57-59-61-63-65-67-77(95)90-72(73(94)66-64-62-60-58-56-54-52-50-48-46-44-42-40-32-30-28-26-24-22-20-18-16-14-12-10-8-6-4-2)71-103-87-83(101)80(98)85(75(69-92)105-87)108-89-84(102)81(99)86(76(70-93)106-89)107-88-82(100)79(97)78(96)74(68-91)104-88/h56,58,64,66,72-76,78-89,91-94,96-102H,3-55,57,59-63,65,67-71H2,1-2H3,(H,90,95)/b58-56+,66-64+. The molecule has 3 rings (SSSR count). The van der Waals surface area contributed by atoms with Crippen molar-refractivity contribution >= 4 is 5.91 Å². The lowest BCUT2D eigenvalue weighted by molar-refractivity contribution is -0.379. The number of nitrogens with one attached hydrogen (secondary N) is 1. The Hall–Kier alpha value is -1.73. The van der Waals surface area contributed by atoms with E-state index in [0.717, 1.165) is 38.5 Å². The number of carbonyl (C=O) groups excluding carboxylic acids is 1. The molecule has 0 bridgehead atoms. The molecule has 19 nitrogen and oxygen atoms in total. The van der Waals surface area contributed by atoms with Crippen LogP contribution >= 0.6 is 0 Å². The van der Waals surface area contributed by atoms with Crippen LogP contribution < -0.4 is 5.32 Å². The first-order valence-electron chi connectivity index (χ1n) is 45.6. The van der Waals surface area contributed by atoms with Crippen LogP contribution in [-0.2, 0) is 33.2 Å². The number of carbonyl (C=O) groups is 1. The third kappa shape index (κ3) is 48.0. The minimum absolute atomic E-state index is 0.241. The molecule has 108 heavy (non-hydrogen) atoms. The molecular formula is C89H169NO18. The quantitative estimate of drug-likeness (QED) is 0.0199. The maximum atomic E-state index is 13.5. The number of aliphatic hydroxyl groups excluding tert-OH is 11. The third-order valence-electron chi connectivity index (χ3n) is 23.0. The molecule has 0 aromatic carbocycles. The first kappa shape index (κ1) is 100. The van der Waals surface area contributed by atoms with Crippen molar-refractivity contribution < 1.29 is 89.4 Å². The number of ether oxygens (including phenoxy) is 6. The SMILES string of the molecule is CCCCCCCCCCCCCCCCCCCCCCCC/C=C/CC/C=C/C(O)C(COC1OC(CO)C(OC2OC(CO)C(OC3OC(CO)C(O)C(O)C3O)C(O)C2O)C(O)C1O)NC(=O)CCCCCCCCCCCCCCCCCCCCCCCCCCCCCCCCCCCCC. The van der Waals surface area contributed by atoms with Crippen LogP contribution in [0.5, 0.6) is 0 Å². The molecule has 3 saturated heterocycles. The topological polar surface area (TPSA) is 307 Å². The summed E-state index contributed by atoms with van der Waals surface area (Å²) < 4.78 is 34.5. The molecule has 0 radical (unpaired) electrons. The lowest BCUT2D eigenvalue weighted by Crippen LogP contribution is -2.66. The second-order valence-corrected chi connectivity index (χ2v) is 32.8.